The Morgan fingerprint density at radius 1 is 1.23 bits per heavy atom. The van der Waals surface area contributed by atoms with Gasteiger partial charge in [0.2, 0.25) is 5.91 Å². The molecule has 8 heteroatoms. The van der Waals surface area contributed by atoms with Gasteiger partial charge in [-0.3, -0.25) is 4.79 Å². The number of nitrogens with one attached hydrogen (secondary N) is 1. The number of carbonyl (C=O) groups is 1. The first-order chi connectivity index (χ1) is 12.5. The zero-order valence-electron chi connectivity index (χ0n) is 14.2. The summed E-state index contributed by atoms with van der Waals surface area (Å²) in [6.45, 7) is 1.87. The molecule has 5 nitrogen and oxygen atoms in total. The Balaban J connectivity index is 1.66. The van der Waals surface area contributed by atoms with Gasteiger partial charge in [0.1, 0.15) is 0 Å². The molecule has 0 bridgehead atoms. The summed E-state index contributed by atoms with van der Waals surface area (Å²) in [7, 11) is 1.89. The summed E-state index contributed by atoms with van der Waals surface area (Å²) in [6, 6.07) is 13.3. The minimum Gasteiger partial charge on any atom is -0.325 e. The van der Waals surface area contributed by atoms with Gasteiger partial charge in [0.05, 0.1) is 5.75 Å². The van der Waals surface area contributed by atoms with Crippen molar-refractivity contribution in [1.82, 2.24) is 14.8 Å². The lowest BCUT2D eigenvalue weighted by atomic mass is 10.2. The molecular weight excluding hydrogens is 436 g/mol. The number of hydrogen-bond donors (Lipinski definition) is 1. The van der Waals surface area contributed by atoms with E-state index in [1.165, 1.54) is 11.8 Å². The van der Waals surface area contributed by atoms with Gasteiger partial charge in [-0.05, 0) is 36.8 Å². The molecule has 0 unspecified atom stereocenters. The van der Waals surface area contributed by atoms with Gasteiger partial charge < -0.3 is 9.88 Å². The van der Waals surface area contributed by atoms with E-state index in [9.17, 15) is 4.79 Å². The van der Waals surface area contributed by atoms with Crippen LogP contribution in [-0.4, -0.2) is 26.4 Å². The number of rotatable bonds is 5. The first-order valence-electron chi connectivity index (χ1n) is 7.79. The second-order valence-electron chi connectivity index (χ2n) is 5.62. The Labute approximate surface area is 169 Å². The fourth-order valence-corrected chi connectivity index (χ4v) is 3.50. The number of halogens is 2. The molecule has 0 aliphatic heterocycles. The molecular formula is C18H16BrClN4OS. The number of hydrogen-bond acceptors (Lipinski definition) is 4. The van der Waals surface area contributed by atoms with E-state index in [4.69, 9.17) is 11.6 Å². The summed E-state index contributed by atoms with van der Waals surface area (Å²) >= 11 is 10.8. The van der Waals surface area contributed by atoms with Gasteiger partial charge in [-0.15, -0.1) is 10.2 Å². The number of amides is 1. The van der Waals surface area contributed by atoms with Gasteiger partial charge in [0.25, 0.3) is 0 Å². The van der Waals surface area contributed by atoms with Crippen LogP contribution in [0.25, 0.3) is 11.4 Å². The molecule has 2 aromatic carbocycles. The number of thioether (sulfide) groups is 1. The first kappa shape index (κ1) is 18.9. The van der Waals surface area contributed by atoms with E-state index in [0.717, 1.165) is 27.1 Å². The summed E-state index contributed by atoms with van der Waals surface area (Å²) in [5.74, 6) is 0.873. The summed E-state index contributed by atoms with van der Waals surface area (Å²) in [5.41, 5.74) is 2.54. The van der Waals surface area contributed by atoms with Gasteiger partial charge in [0, 0.05) is 27.8 Å². The molecule has 0 aliphatic carbocycles. The van der Waals surface area contributed by atoms with Crippen molar-refractivity contribution < 1.29 is 4.79 Å². The Morgan fingerprint density at radius 3 is 2.69 bits per heavy atom. The molecule has 3 rings (SSSR count). The van der Waals surface area contributed by atoms with Crippen LogP contribution in [0.3, 0.4) is 0 Å². The molecule has 1 amide bonds. The summed E-state index contributed by atoms with van der Waals surface area (Å²) in [6.07, 6.45) is 0. The Hall–Kier alpha value is -1.83. The predicted molar refractivity (Wildman–Crippen MR) is 110 cm³/mol. The molecule has 1 N–H and O–H groups in total. The highest BCUT2D eigenvalue weighted by Crippen LogP contribution is 2.25. The molecule has 1 aromatic heterocycles. The van der Waals surface area contributed by atoms with Crippen molar-refractivity contribution in [3.8, 4) is 11.4 Å². The number of benzene rings is 2. The van der Waals surface area contributed by atoms with E-state index in [0.29, 0.717) is 10.2 Å². The molecule has 0 saturated heterocycles. The third-order valence-corrected chi connectivity index (χ3v) is 5.77. The maximum absolute atomic E-state index is 12.2. The van der Waals surface area contributed by atoms with E-state index in [1.54, 1.807) is 6.07 Å². The maximum Gasteiger partial charge on any atom is 0.234 e. The highest BCUT2D eigenvalue weighted by Gasteiger charge is 2.13. The van der Waals surface area contributed by atoms with Crippen LogP contribution in [0.5, 0.6) is 0 Å². The van der Waals surface area contributed by atoms with Gasteiger partial charge in [-0.2, -0.15) is 0 Å². The summed E-state index contributed by atoms with van der Waals surface area (Å²) < 4.78 is 2.89. The number of aromatic nitrogens is 3. The zero-order chi connectivity index (χ0) is 18.7. The SMILES string of the molecule is Cc1c(Cl)cccc1NC(=O)CSc1nnc(-c2ccc(Br)cc2)n1C. The molecule has 0 atom stereocenters. The van der Waals surface area contributed by atoms with E-state index >= 15 is 0 Å². The molecule has 134 valence electrons. The van der Waals surface area contributed by atoms with Crippen LogP contribution in [0.1, 0.15) is 5.56 Å². The predicted octanol–water partition coefficient (Wildman–Crippen LogP) is 4.94. The normalized spacial score (nSPS) is 10.8. The van der Waals surface area contributed by atoms with Crippen LogP contribution >= 0.6 is 39.3 Å². The Morgan fingerprint density at radius 2 is 1.96 bits per heavy atom. The lowest BCUT2D eigenvalue weighted by molar-refractivity contribution is -0.113. The van der Waals surface area contributed by atoms with Crippen LogP contribution in [0.15, 0.2) is 52.1 Å². The standard InChI is InChI=1S/C18H16BrClN4OS/c1-11-14(20)4-3-5-15(11)21-16(25)10-26-18-23-22-17(24(18)2)12-6-8-13(19)9-7-12/h3-9H,10H2,1-2H3,(H,21,25). The maximum atomic E-state index is 12.2. The molecule has 0 spiro atoms. The van der Waals surface area contributed by atoms with Crippen LogP contribution in [0.4, 0.5) is 5.69 Å². The van der Waals surface area contributed by atoms with Gasteiger partial charge in [-0.25, -0.2) is 0 Å². The lowest BCUT2D eigenvalue weighted by Gasteiger charge is -2.09. The Kier molecular flexibility index (Phi) is 6.01. The van der Waals surface area contributed by atoms with Crippen molar-refractivity contribution in [3.63, 3.8) is 0 Å². The van der Waals surface area contributed by atoms with Crippen LogP contribution in [-0.2, 0) is 11.8 Å². The monoisotopic (exact) mass is 450 g/mol. The van der Waals surface area contributed by atoms with E-state index in [1.807, 2.05) is 54.9 Å². The van der Waals surface area contributed by atoms with Crippen molar-refractivity contribution in [1.29, 1.82) is 0 Å². The van der Waals surface area contributed by atoms with Crippen LogP contribution < -0.4 is 5.32 Å². The highest BCUT2D eigenvalue weighted by molar-refractivity contribution is 9.10. The molecule has 0 saturated carbocycles. The third-order valence-electron chi connectivity index (χ3n) is 3.81. The highest BCUT2D eigenvalue weighted by atomic mass is 79.9. The lowest BCUT2D eigenvalue weighted by Crippen LogP contribution is -2.15. The van der Waals surface area contributed by atoms with Crippen molar-refractivity contribution in [2.24, 2.45) is 7.05 Å². The average Bonchev–Trinajstić information content (AvgIpc) is 2.99. The third kappa shape index (κ3) is 4.28. The summed E-state index contributed by atoms with van der Waals surface area (Å²) in [4.78, 5) is 12.2. The molecule has 0 radical (unpaired) electrons. The second-order valence-corrected chi connectivity index (χ2v) is 7.89. The largest absolute Gasteiger partial charge is 0.325 e. The van der Waals surface area contributed by atoms with Crippen molar-refractivity contribution in [3.05, 3.63) is 57.5 Å². The van der Waals surface area contributed by atoms with Crippen molar-refractivity contribution >= 4 is 50.9 Å². The molecule has 3 aromatic rings. The summed E-state index contributed by atoms with van der Waals surface area (Å²) in [5, 5.41) is 12.6. The Bertz CT molecular complexity index is 943. The van der Waals surface area contributed by atoms with Crippen molar-refractivity contribution in [2.45, 2.75) is 12.1 Å². The topological polar surface area (TPSA) is 59.8 Å². The van der Waals surface area contributed by atoms with Crippen molar-refractivity contribution in [2.75, 3.05) is 11.1 Å². The second kappa shape index (κ2) is 8.24. The van der Waals surface area contributed by atoms with E-state index < -0.39 is 0 Å². The van der Waals surface area contributed by atoms with Crippen LogP contribution in [0, 0.1) is 6.92 Å². The molecule has 0 aliphatic rings. The van der Waals surface area contributed by atoms with Gasteiger partial charge in [0.15, 0.2) is 11.0 Å². The first-order valence-corrected chi connectivity index (χ1v) is 9.94. The molecule has 26 heavy (non-hydrogen) atoms. The smallest absolute Gasteiger partial charge is 0.234 e. The molecule has 1 heterocycles. The zero-order valence-corrected chi connectivity index (χ0v) is 17.3. The number of carbonyl (C=O) groups excluding carboxylic acids is 1. The fourth-order valence-electron chi connectivity index (χ4n) is 2.35. The van der Waals surface area contributed by atoms with Crippen LogP contribution in [0.2, 0.25) is 5.02 Å². The quantitative estimate of drug-likeness (QED) is 0.558. The number of nitrogens with zero attached hydrogens (tertiary/aromatic N) is 3. The van der Waals surface area contributed by atoms with Gasteiger partial charge >= 0.3 is 0 Å². The fraction of sp³-hybridized carbons (Fsp3) is 0.167. The molecule has 0 fully saturated rings. The van der Waals surface area contributed by atoms with Gasteiger partial charge in [-0.1, -0.05) is 57.5 Å². The minimum atomic E-state index is -0.117. The van der Waals surface area contributed by atoms with E-state index in [2.05, 4.69) is 31.4 Å². The average molecular weight is 452 g/mol. The number of anilines is 1. The van der Waals surface area contributed by atoms with E-state index in [-0.39, 0.29) is 11.7 Å². The minimum absolute atomic E-state index is 0.117.